The van der Waals surface area contributed by atoms with Gasteiger partial charge < -0.3 is 10.6 Å². The number of primary amides is 1. The van der Waals surface area contributed by atoms with Gasteiger partial charge >= 0.3 is 0 Å². The third kappa shape index (κ3) is 1.51. The lowest BCUT2D eigenvalue weighted by molar-refractivity contribution is -0.114. The Morgan fingerprint density at radius 1 is 1.50 bits per heavy atom. The van der Waals surface area contributed by atoms with Gasteiger partial charge in [-0.2, -0.15) is 0 Å². The van der Waals surface area contributed by atoms with E-state index < -0.39 is 0 Å². The normalized spacial score (nSPS) is 31.2. The van der Waals surface area contributed by atoms with Gasteiger partial charge in [0.05, 0.1) is 5.57 Å². The summed E-state index contributed by atoms with van der Waals surface area (Å²) < 4.78 is 0. The van der Waals surface area contributed by atoms with Crippen molar-refractivity contribution in [1.82, 2.24) is 4.90 Å². The molecule has 2 heterocycles. The highest BCUT2D eigenvalue weighted by Crippen LogP contribution is 2.42. The van der Waals surface area contributed by atoms with Crippen LogP contribution in [-0.2, 0) is 4.79 Å². The van der Waals surface area contributed by atoms with Crippen LogP contribution in [0.1, 0.15) is 33.1 Å². The van der Waals surface area contributed by atoms with Crippen molar-refractivity contribution in [3.05, 3.63) is 22.9 Å². The van der Waals surface area contributed by atoms with Crippen molar-refractivity contribution in [2.24, 2.45) is 16.6 Å². The molecule has 0 aromatic carbocycles. The van der Waals surface area contributed by atoms with E-state index in [4.69, 9.17) is 5.73 Å². The summed E-state index contributed by atoms with van der Waals surface area (Å²) in [6.45, 7) is 4.07. The van der Waals surface area contributed by atoms with Crippen LogP contribution in [0.5, 0.6) is 0 Å². The summed E-state index contributed by atoms with van der Waals surface area (Å²) in [4.78, 5) is 18.6. The van der Waals surface area contributed by atoms with E-state index in [9.17, 15) is 4.79 Å². The molecule has 2 atom stereocenters. The highest BCUT2D eigenvalue weighted by Gasteiger charge is 2.42. The summed E-state index contributed by atoms with van der Waals surface area (Å²) in [7, 11) is 0. The molecule has 0 radical (unpaired) electrons. The third-order valence-electron chi connectivity index (χ3n) is 4.20. The molecular weight excluding hydrogens is 226 g/mol. The Hall–Kier alpha value is -1.58. The fourth-order valence-electron chi connectivity index (χ4n) is 3.12. The third-order valence-corrected chi connectivity index (χ3v) is 4.20. The second-order valence-electron chi connectivity index (χ2n) is 5.47. The van der Waals surface area contributed by atoms with Gasteiger partial charge in [0.1, 0.15) is 6.17 Å². The highest BCUT2D eigenvalue weighted by molar-refractivity contribution is 5.99. The molecule has 4 heteroatoms. The van der Waals surface area contributed by atoms with Crippen LogP contribution in [-0.4, -0.2) is 29.2 Å². The number of carbonyl (C=O) groups is 1. The average molecular weight is 245 g/mol. The van der Waals surface area contributed by atoms with Crippen molar-refractivity contribution in [3.63, 3.8) is 0 Å². The molecule has 2 aliphatic heterocycles. The Kier molecular flexibility index (Phi) is 2.54. The zero-order chi connectivity index (χ0) is 12.9. The summed E-state index contributed by atoms with van der Waals surface area (Å²) in [5.74, 6) is -0.0467. The molecule has 1 amide bonds. The standard InChI is InChI=1S/C14H19N3O/c1-8-6-11-12(13(15)18)9(2)17(10-4-3-5-10)14(11)16-7-8/h6-8,10,14H,3-5H2,1-2H3,(H2,15,18). The molecule has 1 fully saturated rings. The van der Waals surface area contributed by atoms with E-state index in [1.807, 2.05) is 13.1 Å². The van der Waals surface area contributed by atoms with Gasteiger partial charge in [0.25, 0.3) is 5.91 Å². The molecule has 3 aliphatic rings. The van der Waals surface area contributed by atoms with Crippen LogP contribution in [0.25, 0.3) is 0 Å². The maximum absolute atomic E-state index is 11.7. The quantitative estimate of drug-likeness (QED) is 0.803. The predicted octanol–water partition coefficient (Wildman–Crippen LogP) is 1.59. The van der Waals surface area contributed by atoms with Crippen molar-refractivity contribution in [1.29, 1.82) is 0 Å². The Balaban J connectivity index is 2.04. The van der Waals surface area contributed by atoms with Crippen LogP contribution >= 0.6 is 0 Å². The minimum absolute atomic E-state index is 0.00556. The summed E-state index contributed by atoms with van der Waals surface area (Å²) in [5.41, 5.74) is 8.26. The molecular formula is C14H19N3O. The van der Waals surface area contributed by atoms with E-state index in [2.05, 4.69) is 22.9 Å². The van der Waals surface area contributed by atoms with E-state index in [1.54, 1.807) is 0 Å². The fourth-order valence-corrected chi connectivity index (χ4v) is 3.12. The molecule has 3 rings (SSSR count). The fraction of sp³-hybridized carbons (Fsp3) is 0.571. The highest BCUT2D eigenvalue weighted by atomic mass is 16.1. The maximum atomic E-state index is 11.7. The van der Waals surface area contributed by atoms with Crippen molar-refractivity contribution in [3.8, 4) is 0 Å². The van der Waals surface area contributed by atoms with Gasteiger partial charge in [0.15, 0.2) is 0 Å². The van der Waals surface area contributed by atoms with E-state index in [0.717, 1.165) is 11.3 Å². The number of rotatable bonds is 2. The number of allylic oxidation sites excluding steroid dienone is 2. The Morgan fingerprint density at radius 2 is 2.22 bits per heavy atom. The lowest BCUT2D eigenvalue weighted by atomic mass is 9.91. The second kappa shape index (κ2) is 3.97. The number of amides is 1. The number of aliphatic imine (C=N–C) groups is 1. The topological polar surface area (TPSA) is 58.7 Å². The first-order valence-electron chi connectivity index (χ1n) is 6.64. The number of fused-ring (bicyclic) bond motifs is 1. The van der Waals surface area contributed by atoms with E-state index >= 15 is 0 Å². The molecule has 0 saturated heterocycles. The summed E-state index contributed by atoms with van der Waals surface area (Å²) >= 11 is 0. The number of hydrogen-bond donors (Lipinski definition) is 1. The first-order valence-corrected chi connectivity index (χ1v) is 6.64. The molecule has 1 aliphatic carbocycles. The number of hydrogen-bond acceptors (Lipinski definition) is 3. The van der Waals surface area contributed by atoms with Gasteiger partial charge in [0, 0.05) is 29.4 Å². The van der Waals surface area contributed by atoms with Crippen molar-refractivity contribution < 1.29 is 4.79 Å². The zero-order valence-corrected chi connectivity index (χ0v) is 10.9. The van der Waals surface area contributed by atoms with Gasteiger partial charge in [-0.25, -0.2) is 0 Å². The number of dihydropyridines is 1. The Bertz CT molecular complexity index is 485. The smallest absolute Gasteiger partial charge is 0.250 e. The molecule has 0 aromatic rings. The van der Waals surface area contributed by atoms with Crippen molar-refractivity contribution >= 4 is 12.1 Å². The van der Waals surface area contributed by atoms with Crippen LogP contribution in [0.15, 0.2) is 27.9 Å². The minimum Gasteiger partial charge on any atom is -0.366 e. The van der Waals surface area contributed by atoms with Crippen molar-refractivity contribution in [2.45, 2.75) is 45.3 Å². The van der Waals surface area contributed by atoms with Crippen molar-refractivity contribution in [2.75, 3.05) is 0 Å². The summed E-state index contributed by atoms with van der Waals surface area (Å²) in [5, 5.41) is 0. The van der Waals surface area contributed by atoms with Gasteiger partial charge in [-0.3, -0.25) is 9.79 Å². The Morgan fingerprint density at radius 3 is 2.78 bits per heavy atom. The van der Waals surface area contributed by atoms with Gasteiger partial charge in [0.2, 0.25) is 0 Å². The molecule has 1 saturated carbocycles. The maximum Gasteiger partial charge on any atom is 0.250 e. The zero-order valence-electron chi connectivity index (χ0n) is 10.9. The number of carbonyl (C=O) groups excluding carboxylic acids is 1. The summed E-state index contributed by atoms with van der Waals surface area (Å²) in [6.07, 6.45) is 7.74. The predicted molar refractivity (Wildman–Crippen MR) is 70.9 cm³/mol. The molecule has 18 heavy (non-hydrogen) atoms. The van der Waals surface area contributed by atoms with Gasteiger partial charge in [-0.15, -0.1) is 0 Å². The van der Waals surface area contributed by atoms with E-state index in [-0.39, 0.29) is 18.0 Å². The molecule has 0 bridgehead atoms. The monoisotopic (exact) mass is 245 g/mol. The van der Waals surface area contributed by atoms with Crippen LogP contribution in [0.3, 0.4) is 0 Å². The van der Waals surface area contributed by atoms with Gasteiger partial charge in [-0.1, -0.05) is 13.0 Å². The van der Waals surface area contributed by atoms with Crippen LogP contribution < -0.4 is 5.73 Å². The minimum atomic E-state index is -0.324. The largest absolute Gasteiger partial charge is 0.366 e. The molecule has 0 spiro atoms. The molecule has 2 N–H and O–H groups in total. The molecule has 0 aromatic heterocycles. The first kappa shape index (κ1) is 11.5. The summed E-state index contributed by atoms with van der Waals surface area (Å²) in [6, 6.07) is 0.529. The molecule has 96 valence electrons. The van der Waals surface area contributed by atoms with E-state index in [0.29, 0.717) is 11.6 Å². The van der Waals surface area contributed by atoms with Crippen LogP contribution in [0.4, 0.5) is 0 Å². The number of nitrogens with two attached hydrogens (primary N) is 1. The first-order chi connectivity index (χ1) is 8.59. The average Bonchev–Trinajstić information content (AvgIpc) is 2.49. The number of nitrogens with zero attached hydrogens (tertiary/aromatic N) is 2. The van der Waals surface area contributed by atoms with Gasteiger partial charge in [-0.05, 0) is 26.2 Å². The lowest BCUT2D eigenvalue weighted by Gasteiger charge is -2.40. The SMILES string of the molecule is CC1=C(C(N)=O)C2=CC(C)C=NC2N1C1CCC1. The molecule has 2 unspecified atom stereocenters. The second-order valence-corrected chi connectivity index (χ2v) is 5.47. The lowest BCUT2D eigenvalue weighted by Crippen LogP contribution is -2.43. The molecule has 4 nitrogen and oxygen atoms in total. The van der Waals surface area contributed by atoms with E-state index in [1.165, 1.54) is 19.3 Å². The Labute approximate surface area is 107 Å². The van der Waals surface area contributed by atoms with Crippen LogP contribution in [0, 0.1) is 5.92 Å². The van der Waals surface area contributed by atoms with Crippen LogP contribution in [0.2, 0.25) is 0 Å².